The van der Waals surface area contributed by atoms with Gasteiger partial charge in [0.1, 0.15) is 0 Å². The molecule has 1 aliphatic heterocycles. The Morgan fingerprint density at radius 3 is 2.35 bits per heavy atom. The maximum atomic E-state index is 12.1. The van der Waals surface area contributed by atoms with E-state index in [2.05, 4.69) is 37.3 Å². The number of halogens is 2. The van der Waals surface area contributed by atoms with E-state index in [4.69, 9.17) is 0 Å². The summed E-state index contributed by atoms with van der Waals surface area (Å²) in [5.74, 6) is 0.712. The quantitative estimate of drug-likeness (QED) is 0.740. The number of hydrogen-bond donors (Lipinski definition) is 0. The predicted molar refractivity (Wildman–Crippen MR) is 65.1 cm³/mol. The maximum Gasteiger partial charge on any atom is 0.345 e. The van der Waals surface area contributed by atoms with Crippen LogP contribution < -0.4 is 0 Å². The molecule has 0 saturated carbocycles. The molecule has 1 fully saturated rings. The van der Waals surface area contributed by atoms with Crippen LogP contribution in [0.1, 0.15) is 40.5 Å². The lowest BCUT2D eigenvalue weighted by molar-refractivity contribution is -0.150. The number of ether oxygens (including phenoxy) is 1. The zero-order valence-electron chi connectivity index (χ0n) is 11.3. The first kappa shape index (κ1) is 14.8. The highest BCUT2D eigenvalue weighted by molar-refractivity contribution is 4.87. The molecule has 2 unspecified atom stereocenters. The van der Waals surface area contributed by atoms with Crippen molar-refractivity contribution < 1.29 is 13.5 Å². The molecule has 1 saturated heterocycles. The lowest BCUT2D eigenvalue weighted by atomic mass is 9.82. The van der Waals surface area contributed by atoms with Gasteiger partial charge in [-0.15, -0.1) is 0 Å². The normalized spacial score (nSPS) is 27.4. The van der Waals surface area contributed by atoms with E-state index in [9.17, 15) is 8.78 Å². The fourth-order valence-electron chi connectivity index (χ4n) is 3.03. The second kappa shape index (κ2) is 6.64. The van der Waals surface area contributed by atoms with Crippen molar-refractivity contribution in [2.75, 3.05) is 13.2 Å². The standard InChI is InChI=1S/C13H25F2NO/c1-9(2)12-11(8-17-13(14)15)6-5-7-16(12)10(3)4/h9-13H,5-8H2,1-4H3. The van der Waals surface area contributed by atoms with Crippen LogP contribution >= 0.6 is 0 Å². The van der Waals surface area contributed by atoms with Crippen LogP contribution in [0.2, 0.25) is 0 Å². The van der Waals surface area contributed by atoms with E-state index >= 15 is 0 Å². The zero-order valence-corrected chi connectivity index (χ0v) is 11.3. The Bertz CT molecular complexity index is 221. The van der Waals surface area contributed by atoms with Gasteiger partial charge >= 0.3 is 6.61 Å². The van der Waals surface area contributed by atoms with Crippen LogP contribution in [0.4, 0.5) is 8.78 Å². The van der Waals surface area contributed by atoms with Crippen LogP contribution in [0.25, 0.3) is 0 Å². The van der Waals surface area contributed by atoms with Crippen LogP contribution in [0.15, 0.2) is 0 Å². The summed E-state index contributed by atoms with van der Waals surface area (Å²) in [6, 6.07) is 0.833. The molecule has 2 atom stereocenters. The van der Waals surface area contributed by atoms with Gasteiger partial charge in [-0.05, 0) is 45.1 Å². The summed E-state index contributed by atoms with van der Waals surface area (Å²) in [4.78, 5) is 2.44. The summed E-state index contributed by atoms with van der Waals surface area (Å²) < 4.78 is 28.8. The van der Waals surface area contributed by atoms with Crippen LogP contribution in [0.3, 0.4) is 0 Å². The molecular formula is C13H25F2NO. The molecule has 17 heavy (non-hydrogen) atoms. The van der Waals surface area contributed by atoms with E-state index in [-0.39, 0.29) is 12.5 Å². The summed E-state index contributed by atoms with van der Waals surface area (Å²) in [5, 5.41) is 0. The van der Waals surface area contributed by atoms with Crippen molar-refractivity contribution in [3.63, 3.8) is 0 Å². The van der Waals surface area contributed by atoms with Gasteiger partial charge in [-0.3, -0.25) is 4.90 Å². The van der Waals surface area contributed by atoms with Gasteiger partial charge < -0.3 is 4.74 Å². The number of likely N-dealkylation sites (tertiary alicyclic amines) is 1. The molecule has 0 radical (unpaired) electrons. The molecule has 2 nitrogen and oxygen atoms in total. The molecule has 1 heterocycles. The van der Waals surface area contributed by atoms with Gasteiger partial charge in [0.15, 0.2) is 0 Å². The Balaban J connectivity index is 2.66. The predicted octanol–water partition coefficient (Wildman–Crippen LogP) is 3.37. The summed E-state index contributed by atoms with van der Waals surface area (Å²) >= 11 is 0. The minimum absolute atomic E-state index is 0.184. The fraction of sp³-hybridized carbons (Fsp3) is 1.00. The molecule has 0 aromatic heterocycles. The van der Waals surface area contributed by atoms with Gasteiger partial charge in [-0.2, -0.15) is 8.78 Å². The van der Waals surface area contributed by atoms with Gasteiger partial charge in [0.05, 0.1) is 6.61 Å². The van der Waals surface area contributed by atoms with Crippen LogP contribution in [0, 0.1) is 11.8 Å². The summed E-state index contributed by atoms with van der Waals surface area (Å²) in [7, 11) is 0. The van der Waals surface area contributed by atoms with E-state index in [0.29, 0.717) is 18.0 Å². The largest absolute Gasteiger partial charge is 0.345 e. The molecule has 0 spiro atoms. The molecule has 0 N–H and O–H groups in total. The highest BCUT2D eigenvalue weighted by atomic mass is 19.3. The number of piperidine rings is 1. The SMILES string of the molecule is CC(C)C1C(COC(F)F)CCCN1C(C)C. The fourth-order valence-corrected chi connectivity index (χ4v) is 3.03. The minimum Gasteiger partial charge on any atom is -0.323 e. The lowest BCUT2D eigenvalue weighted by Gasteiger charge is -2.45. The molecular weight excluding hydrogens is 224 g/mol. The molecule has 0 amide bonds. The summed E-state index contributed by atoms with van der Waals surface area (Å²) in [5.41, 5.74) is 0. The minimum atomic E-state index is -2.64. The van der Waals surface area contributed by atoms with Crippen molar-refractivity contribution in [2.24, 2.45) is 11.8 Å². The van der Waals surface area contributed by atoms with Crippen LogP contribution in [-0.2, 0) is 4.74 Å². The Labute approximate surface area is 103 Å². The number of nitrogens with zero attached hydrogens (tertiary/aromatic N) is 1. The average Bonchev–Trinajstić information content (AvgIpc) is 2.25. The molecule has 1 rings (SSSR count). The van der Waals surface area contributed by atoms with E-state index < -0.39 is 6.61 Å². The first-order valence-electron chi connectivity index (χ1n) is 6.59. The number of rotatable bonds is 5. The first-order valence-corrected chi connectivity index (χ1v) is 6.59. The van der Waals surface area contributed by atoms with Gasteiger partial charge in [-0.1, -0.05) is 13.8 Å². The van der Waals surface area contributed by atoms with E-state index in [1.165, 1.54) is 0 Å². The van der Waals surface area contributed by atoms with Crippen molar-refractivity contribution in [3.05, 3.63) is 0 Å². The van der Waals surface area contributed by atoms with Gasteiger partial charge in [0, 0.05) is 12.1 Å². The Hall–Kier alpha value is -0.220. The van der Waals surface area contributed by atoms with Crippen LogP contribution in [-0.4, -0.2) is 36.7 Å². The zero-order chi connectivity index (χ0) is 13.0. The number of hydrogen-bond acceptors (Lipinski definition) is 2. The van der Waals surface area contributed by atoms with Gasteiger partial charge in [0.25, 0.3) is 0 Å². The lowest BCUT2D eigenvalue weighted by Crippen LogP contribution is -2.52. The average molecular weight is 249 g/mol. The third kappa shape index (κ3) is 4.18. The molecule has 0 aromatic carbocycles. The van der Waals surface area contributed by atoms with E-state index in [0.717, 1.165) is 19.4 Å². The Kier molecular flexibility index (Phi) is 5.80. The molecule has 1 aliphatic rings. The van der Waals surface area contributed by atoms with E-state index in [1.54, 1.807) is 0 Å². The molecule has 0 bridgehead atoms. The van der Waals surface area contributed by atoms with Gasteiger partial charge in [0.2, 0.25) is 0 Å². The molecule has 0 aliphatic carbocycles. The second-order valence-electron chi connectivity index (χ2n) is 5.56. The smallest absolute Gasteiger partial charge is 0.323 e. The first-order chi connectivity index (χ1) is 7.93. The van der Waals surface area contributed by atoms with Crippen molar-refractivity contribution in [2.45, 2.75) is 59.2 Å². The summed E-state index contributed by atoms with van der Waals surface area (Å²) in [6.07, 6.45) is 2.08. The van der Waals surface area contributed by atoms with E-state index in [1.807, 2.05) is 0 Å². The van der Waals surface area contributed by atoms with Crippen molar-refractivity contribution in [3.8, 4) is 0 Å². The van der Waals surface area contributed by atoms with Crippen molar-refractivity contribution in [1.29, 1.82) is 0 Å². The maximum absolute atomic E-state index is 12.1. The molecule has 4 heteroatoms. The monoisotopic (exact) mass is 249 g/mol. The third-order valence-electron chi connectivity index (χ3n) is 3.64. The topological polar surface area (TPSA) is 12.5 Å². The highest BCUT2D eigenvalue weighted by Gasteiger charge is 2.35. The van der Waals surface area contributed by atoms with Crippen molar-refractivity contribution >= 4 is 0 Å². The second-order valence-corrected chi connectivity index (χ2v) is 5.56. The Morgan fingerprint density at radius 2 is 1.88 bits per heavy atom. The highest BCUT2D eigenvalue weighted by Crippen LogP contribution is 2.30. The number of alkyl halides is 2. The Morgan fingerprint density at radius 1 is 1.24 bits per heavy atom. The molecule has 0 aromatic rings. The molecule has 102 valence electrons. The summed E-state index contributed by atoms with van der Waals surface area (Å²) in [6.45, 7) is 7.30. The van der Waals surface area contributed by atoms with Crippen LogP contribution in [0.5, 0.6) is 0 Å². The van der Waals surface area contributed by atoms with Crippen molar-refractivity contribution in [1.82, 2.24) is 4.90 Å². The van der Waals surface area contributed by atoms with Gasteiger partial charge in [-0.25, -0.2) is 0 Å². The third-order valence-corrected chi connectivity index (χ3v) is 3.64.